The van der Waals surface area contributed by atoms with Gasteiger partial charge in [0, 0.05) is 23.7 Å². The quantitative estimate of drug-likeness (QED) is 0.369. The van der Waals surface area contributed by atoms with Crippen LogP contribution >= 0.6 is 0 Å². The molecule has 0 aliphatic carbocycles. The summed E-state index contributed by atoms with van der Waals surface area (Å²) in [6.07, 6.45) is 3.85. The monoisotopic (exact) mass is 460 g/mol. The molecule has 0 fully saturated rings. The molecule has 5 rings (SSSR count). The molecule has 1 atom stereocenters. The molecule has 1 aliphatic heterocycles. The maximum absolute atomic E-state index is 13.8. The highest BCUT2D eigenvalue weighted by atomic mass is 16.5. The van der Waals surface area contributed by atoms with Crippen LogP contribution in [0.4, 0.5) is 0 Å². The smallest absolute Gasteiger partial charge is 0.259 e. The Bertz CT molecular complexity index is 1480. The summed E-state index contributed by atoms with van der Waals surface area (Å²) in [5.74, 6) is 0.825. The predicted octanol–water partition coefficient (Wildman–Crippen LogP) is 5.95. The molecule has 35 heavy (non-hydrogen) atoms. The van der Waals surface area contributed by atoms with Crippen LogP contribution in [0.5, 0.6) is 11.5 Å². The average molecular weight is 461 g/mol. The first kappa shape index (κ1) is 22.2. The molecule has 0 unspecified atom stereocenters. The van der Waals surface area contributed by atoms with Crippen molar-refractivity contribution in [3.63, 3.8) is 0 Å². The maximum atomic E-state index is 13.8. The normalized spacial score (nSPS) is 16.4. The van der Waals surface area contributed by atoms with Crippen LogP contribution in [-0.2, 0) is 12.0 Å². The van der Waals surface area contributed by atoms with Gasteiger partial charge in [0.1, 0.15) is 0 Å². The Labute approximate surface area is 204 Å². The molecule has 4 aromatic rings. The highest BCUT2D eigenvalue weighted by Gasteiger charge is 2.45. The largest absolute Gasteiger partial charge is 0.493 e. The Morgan fingerprint density at radius 3 is 2.34 bits per heavy atom. The molecule has 1 heterocycles. The van der Waals surface area contributed by atoms with E-state index in [-0.39, 0.29) is 5.91 Å². The molecular formula is C30H24N2O3. The number of methoxy groups -OCH3 is 2. The Morgan fingerprint density at radius 1 is 0.914 bits per heavy atom. The highest BCUT2D eigenvalue weighted by Crippen LogP contribution is 2.44. The molecule has 0 saturated carbocycles. The number of hydrogen-bond donors (Lipinski definition) is 0. The van der Waals surface area contributed by atoms with E-state index in [0.717, 1.165) is 21.9 Å². The lowest BCUT2D eigenvalue weighted by Crippen LogP contribution is -2.49. The SMILES string of the molecule is COc1cc2c(cc1OC)[C@@](C#N)(Cc1cccc3ccccc13)N(C(=O)c1ccccc1)C=C2. The van der Waals surface area contributed by atoms with Crippen molar-refractivity contribution in [1.82, 2.24) is 4.90 Å². The van der Waals surface area contributed by atoms with Gasteiger partial charge in [-0.05, 0) is 52.2 Å². The van der Waals surface area contributed by atoms with E-state index in [9.17, 15) is 10.1 Å². The number of nitrogens with zero attached hydrogens (tertiary/aromatic N) is 2. The van der Waals surface area contributed by atoms with E-state index < -0.39 is 5.54 Å². The summed E-state index contributed by atoms with van der Waals surface area (Å²) in [7, 11) is 3.14. The molecular weight excluding hydrogens is 436 g/mol. The first-order chi connectivity index (χ1) is 17.1. The van der Waals surface area contributed by atoms with Gasteiger partial charge in [-0.3, -0.25) is 9.69 Å². The third-order valence-electron chi connectivity index (χ3n) is 6.57. The third kappa shape index (κ3) is 3.70. The second kappa shape index (κ2) is 9.00. The summed E-state index contributed by atoms with van der Waals surface area (Å²) in [6.45, 7) is 0. The van der Waals surface area contributed by atoms with E-state index in [1.807, 2.05) is 78.9 Å². The van der Waals surface area contributed by atoms with Crippen molar-refractivity contribution in [3.8, 4) is 17.6 Å². The molecule has 5 nitrogen and oxygen atoms in total. The Hall–Kier alpha value is -4.56. The molecule has 4 aromatic carbocycles. The zero-order valence-corrected chi connectivity index (χ0v) is 19.6. The van der Waals surface area contributed by atoms with E-state index in [1.165, 1.54) is 0 Å². The van der Waals surface area contributed by atoms with Crippen molar-refractivity contribution >= 4 is 22.8 Å². The molecule has 0 spiro atoms. The summed E-state index contributed by atoms with van der Waals surface area (Å²) >= 11 is 0. The fourth-order valence-electron chi connectivity index (χ4n) is 4.82. The Morgan fingerprint density at radius 2 is 1.60 bits per heavy atom. The molecule has 0 radical (unpaired) electrons. The van der Waals surface area contributed by atoms with Crippen LogP contribution < -0.4 is 9.47 Å². The molecule has 0 N–H and O–H groups in total. The molecule has 172 valence electrons. The van der Waals surface area contributed by atoms with Crippen LogP contribution in [0.25, 0.3) is 16.8 Å². The van der Waals surface area contributed by atoms with Gasteiger partial charge >= 0.3 is 0 Å². The van der Waals surface area contributed by atoms with Gasteiger partial charge in [0.2, 0.25) is 0 Å². The number of nitriles is 1. The van der Waals surface area contributed by atoms with Crippen LogP contribution in [0.15, 0.2) is 91.1 Å². The number of amides is 1. The van der Waals surface area contributed by atoms with Gasteiger partial charge in [0.25, 0.3) is 5.91 Å². The molecule has 0 bridgehead atoms. The number of rotatable bonds is 5. The van der Waals surface area contributed by atoms with Gasteiger partial charge < -0.3 is 9.47 Å². The topological polar surface area (TPSA) is 62.6 Å². The average Bonchev–Trinajstić information content (AvgIpc) is 2.92. The lowest BCUT2D eigenvalue weighted by molar-refractivity contribution is 0.0697. The Kier molecular flexibility index (Phi) is 5.72. The zero-order chi connectivity index (χ0) is 24.4. The van der Waals surface area contributed by atoms with Gasteiger partial charge in [0.15, 0.2) is 17.0 Å². The lowest BCUT2D eigenvalue weighted by Gasteiger charge is -2.41. The number of fused-ring (bicyclic) bond motifs is 2. The van der Waals surface area contributed by atoms with E-state index in [4.69, 9.17) is 9.47 Å². The van der Waals surface area contributed by atoms with Crippen LogP contribution in [0.1, 0.15) is 27.0 Å². The van der Waals surface area contributed by atoms with Crippen molar-refractivity contribution in [1.29, 1.82) is 5.26 Å². The van der Waals surface area contributed by atoms with Crippen LogP contribution in [0.2, 0.25) is 0 Å². The van der Waals surface area contributed by atoms with E-state index in [0.29, 0.717) is 29.0 Å². The predicted molar refractivity (Wildman–Crippen MR) is 136 cm³/mol. The van der Waals surface area contributed by atoms with E-state index in [2.05, 4.69) is 6.07 Å². The zero-order valence-electron chi connectivity index (χ0n) is 19.6. The van der Waals surface area contributed by atoms with Crippen LogP contribution in [0, 0.1) is 11.3 Å². The summed E-state index contributed by atoms with van der Waals surface area (Å²) in [4.78, 5) is 15.3. The summed E-state index contributed by atoms with van der Waals surface area (Å²) in [5.41, 5.74) is 1.69. The number of carbonyl (C=O) groups excluding carboxylic acids is 1. The van der Waals surface area contributed by atoms with Gasteiger partial charge in [-0.15, -0.1) is 0 Å². The fraction of sp³-hybridized carbons (Fsp3) is 0.133. The number of carbonyl (C=O) groups is 1. The number of benzene rings is 4. The van der Waals surface area contributed by atoms with Crippen molar-refractivity contribution in [2.45, 2.75) is 12.0 Å². The summed E-state index contributed by atoms with van der Waals surface area (Å²) in [5, 5.41) is 13.0. The van der Waals surface area contributed by atoms with Crippen molar-refractivity contribution < 1.29 is 14.3 Å². The van der Waals surface area contributed by atoms with Crippen molar-refractivity contribution in [3.05, 3.63) is 113 Å². The molecule has 0 aromatic heterocycles. The van der Waals surface area contributed by atoms with Gasteiger partial charge in [-0.25, -0.2) is 0 Å². The highest BCUT2D eigenvalue weighted by molar-refractivity contribution is 5.97. The second-order valence-corrected chi connectivity index (χ2v) is 8.44. The van der Waals surface area contributed by atoms with Gasteiger partial charge in [-0.2, -0.15) is 5.26 Å². The van der Waals surface area contributed by atoms with Gasteiger partial charge in [-0.1, -0.05) is 60.7 Å². The Balaban J connectivity index is 1.75. The minimum atomic E-state index is -1.30. The van der Waals surface area contributed by atoms with Crippen molar-refractivity contribution in [2.75, 3.05) is 14.2 Å². The fourth-order valence-corrected chi connectivity index (χ4v) is 4.82. The number of hydrogen-bond acceptors (Lipinski definition) is 4. The molecule has 5 heteroatoms. The summed E-state index contributed by atoms with van der Waals surface area (Å²) < 4.78 is 11.1. The molecule has 1 aliphatic rings. The minimum Gasteiger partial charge on any atom is -0.493 e. The van der Waals surface area contributed by atoms with E-state index in [1.54, 1.807) is 37.5 Å². The second-order valence-electron chi connectivity index (χ2n) is 8.44. The number of ether oxygens (including phenoxy) is 2. The molecule has 0 saturated heterocycles. The lowest BCUT2D eigenvalue weighted by atomic mass is 9.77. The van der Waals surface area contributed by atoms with E-state index >= 15 is 0 Å². The molecule has 1 amide bonds. The first-order valence-electron chi connectivity index (χ1n) is 11.3. The van der Waals surface area contributed by atoms with Crippen LogP contribution in [-0.4, -0.2) is 25.0 Å². The van der Waals surface area contributed by atoms with Gasteiger partial charge in [0.05, 0.1) is 20.3 Å². The van der Waals surface area contributed by atoms with Crippen LogP contribution in [0.3, 0.4) is 0 Å². The summed E-state index contributed by atoms with van der Waals surface area (Å²) in [6, 6.07) is 29.4. The van der Waals surface area contributed by atoms with Crippen molar-refractivity contribution in [2.24, 2.45) is 0 Å². The third-order valence-corrected chi connectivity index (χ3v) is 6.57. The maximum Gasteiger partial charge on any atom is 0.259 e. The minimum absolute atomic E-state index is 0.246. The standard InChI is InChI=1S/C30H24N2O3/c1-34-27-17-23-15-16-32(29(33)22-10-4-3-5-11-22)30(20-31,26(23)18-28(27)35-2)19-24-13-8-12-21-9-6-7-14-25(21)24/h3-18H,19H2,1-2H3/t30-/m0/s1. The first-order valence-corrected chi connectivity index (χ1v) is 11.3.